The van der Waals surface area contributed by atoms with E-state index in [2.05, 4.69) is 0 Å². The Bertz CT molecular complexity index is 58.4. The van der Waals surface area contributed by atoms with Crippen molar-refractivity contribution in [1.29, 1.82) is 0 Å². The molecule has 0 saturated carbocycles. The Morgan fingerprint density at radius 2 is 1.29 bits per heavy atom. The third-order valence-electron chi connectivity index (χ3n) is 0.227. The lowest BCUT2D eigenvalue weighted by atomic mass is 11.4. The van der Waals surface area contributed by atoms with Crippen molar-refractivity contribution < 1.29 is 10.4 Å². The van der Waals surface area contributed by atoms with Crippen molar-refractivity contribution in [3.63, 3.8) is 0 Å². The maximum Gasteiger partial charge on any atom is 0.294 e. The minimum absolute atomic E-state index is 0.516. The Balaban J connectivity index is 3.54. The number of nitrogens with zero attached hydrogens (tertiary/aromatic N) is 1. The van der Waals surface area contributed by atoms with Crippen LogP contribution < -0.4 is 0 Å². The van der Waals surface area contributed by atoms with Gasteiger partial charge in [-0.05, 0) is 5.23 Å². The SMILES string of the molecule is ON(O)C(Cl)(Cl)Cl. The molecule has 44 valence electrons. The average Bonchev–Trinajstić information content (AvgIpc) is 1.31. The van der Waals surface area contributed by atoms with Crippen LogP contribution in [0.5, 0.6) is 0 Å². The summed E-state index contributed by atoms with van der Waals surface area (Å²) in [4.78, 5) is 0. The lowest BCUT2D eigenvalue weighted by Crippen LogP contribution is -2.27. The highest BCUT2D eigenvalue weighted by Crippen LogP contribution is 2.26. The summed E-state index contributed by atoms with van der Waals surface area (Å²) in [5.74, 6) is 0. The standard InChI is InChI=1S/CH2Cl3NO2/c2-1(3,4)5(6)7/h6-7H. The zero-order valence-corrected chi connectivity index (χ0v) is 5.24. The van der Waals surface area contributed by atoms with Gasteiger partial charge in [0.05, 0.1) is 0 Å². The van der Waals surface area contributed by atoms with Gasteiger partial charge in [-0.1, -0.05) is 34.8 Å². The molecule has 0 aliphatic heterocycles. The second kappa shape index (κ2) is 2.35. The summed E-state index contributed by atoms with van der Waals surface area (Å²) in [6.07, 6.45) is 0. The lowest BCUT2D eigenvalue weighted by Gasteiger charge is -2.13. The van der Waals surface area contributed by atoms with Gasteiger partial charge >= 0.3 is 0 Å². The number of hydrogen-bond acceptors (Lipinski definition) is 3. The molecule has 0 unspecified atom stereocenters. The molecule has 0 saturated heterocycles. The maximum atomic E-state index is 7.88. The van der Waals surface area contributed by atoms with E-state index in [1.54, 1.807) is 0 Å². The van der Waals surface area contributed by atoms with Crippen LogP contribution in [0.2, 0.25) is 0 Å². The van der Waals surface area contributed by atoms with Crippen LogP contribution in [-0.2, 0) is 0 Å². The Labute approximate surface area is 54.9 Å². The molecule has 0 fully saturated rings. The van der Waals surface area contributed by atoms with Gasteiger partial charge in [0.25, 0.3) is 3.92 Å². The molecule has 6 heteroatoms. The average molecular weight is 166 g/mol. The third kappa shape index (κ3) is 3.34. The van der Waals surface area contributed by atoms with Crippen LogP contribution >= 0.6 is 34.8 Å². The van der Waals surface area contributed by atoms with Crippen LogP contribution in [-0.4, -0.2) is 19.6 Å². The van der Waals surface area contributed by atoms with Gasteiger partial charge in [0.15, 0.2) is 0 Å². The van der Waals surface area contributed by atoms with Gasteiger partial charge in [-0.25, -0.2) is 0 Å². The minimum atomic E-state index is -2.14. The molecule has 0 rings (SSSR count). The van der Waals surface area contributed by atoms with Gasteiger partial charge < -0.3 is 0 Å². The highest BCUT2D eigenvalue weighted by molar-refractivity contribution is 6.66. The number of halogens is 3. The highest BCUT2D eigenvalue weighted by atomic mass is 35.6. The van der Waals surface area contributed by atoms with Gasteiger partial charge in [0, 0.05) is 0 Å². The van der Waals surface area contributed by atoms with E-state index in [1.165, 1.54) is 0 Å². The van der Waals surface area contributed by atoms with E-state index in [1.807, 2.05) is 0 Å². The van der Waals surface area contributed by atoms with Gasteiger partial charge in [0.1, 0.15) is 0 Å². The van der Waals surface area contributed by atoms with E-state index in [4.69, 9.17) is 45.2 Å². The van der Waals surface area contributed by atoms with Crippen LogP contribution in [0.25, 0.3) is 0 Å². The normalized spacial score (nSPS) is 12.9. The molecule has 0 aliphatic rings. The van der Waals surface area contributed by atoms with Gasteiger partial charge in [-0.2, -0.15) is 0 Å². The largest absolute Gasteiger partial charge is 0.294 e. The van der Waals surface area contributed by atoms with Crippen molar-refractivity contribution in [3.05, 3.63) is 0 Å². The smallest absolute Gasteiger partial charge is 0.286 e. The predicted molar refractivity (Wildman–Crippen MR) is 25.7 cm³/mol. The molecule has 0 bridgehead atoms. The first-order chi connectivity index (χ1) is 2.94. The van der Waals surface area contributed by atoms with Crippen molar-refractivity contribution in [2.24, 2.45) is 0 Å². The maximum absolute atomic E-state index is 7.88. The first-order valence-electron chi connectivity index (χ1n) is 1.19. The van der Waals surface area contributed by atoms with Crippen LogP contribution in [0.1, 0.15) is 0 Å². The topological polar surface area (TPSA) is 43.7 Å². The molecule has 0 aromatic carbocycles. The van der Waals surface area contributed by atoms with Crippen LogP contribution in [0.3, 0.4) is 0 Å². The molecule has 0 aromatic rings. The molecule has 0 atom stereocenters. The number of hydrogen-bond donors (Lipinski definition) is 2. The van der Waals surface area contributed by atoms with Crippen LogP contribution in [0.4, 0.5) is 0 Å². The molecule has 0 radical (unpaired) electrons. The number of alkyl halides is 3. The van der Waals surface area contributed by atoms with Gasteiger partial charge in [-0.15, -0.1) is 0 Å². The first kappa shape index (κ1) is 7.75. The summed E-state index contributed by atoms with van der Waals surface area (Å²) in [7, 11) is 0. The quantitative estimate of drug-likeness (QED) is 0.325. The summed E-state index contributed by atoms with van der Waals surface area (Å²) >= 11 is 14.5. The summed E-state index contributed by atoms with van der Waals surface area (Å²) in [6.45, 7) is 0. The first-order valence-corrected chi connectivity index (χ1v) is 2.32. The monoisotopic (exact) mass is 165 g/mol. The Morgan fingerprint density at radius 3 is 1.29 bits per heavy atom. The predicted octanol–water partition coefficient (Wildman–Crippen LogP) is 1.39. The molecular formula is CH2Cl3NO2. The molecule has 0 aliphatic carbocycles. The molecule has 3 nitrogen and oxygen atoms in total. The molecule has 0 heterocycles. The Morgan fingerprint density at radius 1 is 1.14 bits per heavy atom. The van der Waals surface area contributed by atoms with E-state index in [0.29, 0.717) is 0 Å². The van der Waals surface area contributed by atoms with Crippen LogP contribution in [0.15, 0.2) is 0 Å². The summed E-state index contributed by atoms with van der Waals surface area (Å²) in [5.41, 5.74) is 0. The lowest BCUT2D eigenvalue weighted by molar-refractivity contribution is -0.311. The van der Waals surface area contributed by atoms with Crippen molar-refractivity contribution >= 4 is 34.8 Å². The molecule has 2 N–H and O–H groups in total. The van der Waals surface area contributed by atoms with Crippen molar-refractivity contribution in [2.45, 2.75) is 3.92 Å². The second-order valence-corrected chi connectivity index (χ2v) is 2.98. The summed E-state index contributed by atoms with van der Waals surface area (Å²) < 4.78 is -2.14. The zero-order valence-electron chi connectivity index (χ0n) is 2.98. The number of rotatable bonds is 0. The van der Waals surface area contributed by atoms with Gasteiger partial charge in [0.2, 0.25) is 0 Å². The van der Waals surface area contributed by atoms with E-state index >= 15 is 0 Å². The van der Waals surface area contributed by atoms with E-state index in [0.717, 1.165) is 0 Å². The fraction of sp³-hybridized carbons (Fsp3) is 1.00. The third-order valence-corrected chi connectivity index (χ3v) is 0.680. The van der Waals surface area contributed by atoms with Crippen molar-refractivity contribution in [3.8, 4) is 0 Å². The van der Waals surface area contributed by atoms with Crippen molar-refractivity contribution in [2.75, 3.05) is 0 Å². The van der Waals surface area contributed by atoms with Crippen LogP contribution in [0, 0.1) is 0 Å². The molecule has 0 spiro atoms. The Kier molecular flexibility index (Phi) is 2.60. The number of hydroxylamine groups is 2. The molecular weight excluding hydrogens is 164 g/mol. The zero-order chi connectivity index (χ0) is 6.08. The van der Waals surface area contributed by atoms with Crippen molar-refractivity contribution in [1.82, 2.24) is 5.23 Å². The summed E-state index contributed by atoms with van der Waals surface area (Å²) in [5, 5.41) is 15.2. The van der Waals surface area contributed by atoms with Gasteiger partial charge in [-0.3, -0.25) is 10.4 Å². The Hall–Kier alpha value is 0.750. The highest BCUT2D eigenvalue weighted by Gasteiger charge is 2.26. The minimum Gasteiger partial charge on any atom is -0.286 e. The second-order valence-electron chi connectivity index (χ2n) is 0.757. The van der Waals surface area contributed by atoms with E-state index < -0.39 is 9.14 Å². The molecule has 0 amide bonds. The van der Waals surface area contributed by atoms with E-state index in [9.17, 15) is 0 Å². The van der Waals surface area contributed by atoms with E-state index in [-0.39, 0.29) is 0 Å². The molecule has 0 aromatic heterocycles. The fourth-order valence-electron chi connectivity index (χ4n) is 0. The summed E-state index contributed by atoms with van der Waals surface area (Å²) in [6, 6.07) is 0. The molecule has 7 heavy (non-hydrogen) atoms. The fourth-order valence-corrected chi connectivity index (χ4v) is 0.